The second-order valence-electron chi connectivity index (χ2n) is 4.55. The Bertz CT molecular complexity index is 586. The lowest BCUT2D eigenvalue weighted by Crippen LogP contribution is -2.19. The van der Waals surface area contributed by atoms with Crippen molar-refractivity contribution in [3.8, 4) is 0 Å². The van der Waals surface area contributed by atoms with Crippen molar-refractivity contribution in [2.75, 3.05) is 26.0 Å². The third-order valence-corrected chi connectivity index (χ3v) is 3.49. The highest BCUT2D eigenvalue weighted by atomic mass is 35.5. The van der Waals surface area contributed by atoms with E-state index in [9.17, 15) is 4.79 Å². The van der Waals surface area contributed by atoms with E-state index in [1.54, 1.807) is 16.1 Å². The van der Waals surface area contributed by atoms with Crippen LogP contribution in [0.4, 0.5) is 5.82 Å². The number of anilines is 1. The van der Waals surface area contributed by atoms with Crippen molar-refractivity contribution < 1.29 is 4.79 Å². The summed E-state index contributed by atoms with van der Waals surface area (Å²) in [5.74, 6) is 0.259. The zero-order valence-corrected chi connectivity index (χ0v) is 14.8. The van der Waals surface area contributed by atoms with E-state index in [1.165, 1.54) is 11.3 Å². The first-order valence-corrected chi connectivity index (χ1v) is 7.10. The van der Waals surface area contributed by atoms with Gasteiger partial charge in [-0.05, 0) is 14.1 Å². The Balaban J connectivity index is 0.00000220. The zero-order valence-electron chi connectivity index (χ0n) is 12.4. The zero-order chi connectivity index (χ0) is 14.5. The first-order valence-electron chi connectivity index (χ1n) is 6.22. The Morgan fingerprint density at radius 1 is 1.45 bits per heavy atom. The van der Waals surface area contributed by atoms with Gasteiger partial charge in [0, 0.05) is 30.7 Å². The van der Waals surface area contributed by atoms with E-state index in [0.717, 1.165) is 18.1 Å². The van der Waals surface area contributed by atoms with E-state index in [2.05, 4.69) is 20.3 Å². The smallest absolute Gasteiger partial charge is 0.276 e. The van der Waals surface area contributed by atoms with Gasteiger partial charge in [-0.2, -0.15) is 5.10 Å². The Hall–Kier alpha value is -1.19. The number of hydrogen-bond acceptors (Lipinski definition) is 6. The molecule has 0 aromatic carbocycles. The largest absolute Gasteiger partial charge is 0.325 e. The van der Waals surface area contributed by atoms with Crippen molar-refractivity contribution in [1.29, 1.82) is 0 Å². The molecule has 10 heteroatoms. The van der Waals surface area contributed by atoms with Gasteiger partial charge in [-0.1, -0.05) is 0 Å². The number of carbonyl (C=O) groups is 1. The van der Waals surface area contributed by atoms with Gasteiger partial charge in [-0.3, -0.25) is 9.48 Å². The molecule has 2 aromatic heterocycles. The molecule has 3 N–H and O–H groups in total. The topological polar surface area (TPSA) is 89.1 Å². The molecule has 0 aliphatic carbocycles. The molecule has 22 heavy (non-hydrogen) atoms. The summed E-state index contributed by atoms with van der Waals surface area (Å²) in [5, 5.41) is 9.44. The molecule has 0 atom stereocenters. The van der Waals surface area contributed by atoms with E-state index >= 15 is 0 Å². The number of amides is 1. The van der Waals surface area contributed by atoms with Crippen molar-refractivity contribution >= 4 is 47.9 Å². The fourth-order valence-corrected chi connectivity index (χ4v) is 2.20. The minimum Gasteiger partial charge on any atom is -0.325 e. The predicted octanol–water partition coefficient (Wildman–Crippen LogP) is 1.46. The highest BCUT2D eigenvalue weighted by Crippen LogP contribution is 2.11. The van der Waals surface area contributed by atoms with Gasteiger partial charge in [-0.15, -0.1) is 36.2 Å². The van der Waals surface area contributed by atoms with Crippen LogP contribution in [0.3, 0.4) is 0 Å². The quantitative estimate of drug-likeness (QED) is 0.807. The first-order chi connectivity index (χ1) is 9.58. The van der Waals surface area contributed by atoms with Gasteiger partial charge < -0.3 is 16.0 Å². The van der Waals surface area contributed by atoms with E-state index in [1.807, 2.05) is 20.3 Å². The molecule has 7 nitrogen and oxygen atoms in total. The van der Waals surface area contributed by atoms with Crippen LogP contribution in [0.5, 0.6) is 0 Å². The van der Waals surface area contributed by atoms with Gasteiger partial charge in [-0.25, -0.2) is 4.98 Å². The Morgan fingerprint density at radius 3 is 2.77 bits per heavy atom. The summed E-state index contributed by atoms with van der Waals surface area (Å²) < 4.78 is 1.79. The molecule has 0 fully saturated rings. The van der Waals surface area contributed by atoms with Crippen LogP contribution >= 0.6 is 36.2 Å². The average Bonchev–Trinajstić information content (AvgIpc) is 3.05. The second kappa shape index (κ2) is 9.75. The lowest BCUT2D eigenvalue weighted by Gasteiger charge is -2.08. The van der Waals surface area contributed by atoms with Gasteiger partial charge in [0.25, 0.3) is 5.91 Å². The average molecular weight is 367 g/mol. The van der Waals surface area contributed by atoms with Gasteiger partial charge in [0.15, 0.2) is 5.82 Å². The van der Waals surface area contributed by atoms with Crippen molar-refractivity contribution in [2.24, 2.45) is 5.73 Å². The van der Waals surface area contributed by atoms with Crippen LogP contribution < -0.4 is 11.1 Å². The van der Waals surface area contributed by atoms with Crippen LogP contribution in [0, 0.1) is 0 Å². The van der Waals surface area contributed by atoms with Gasteiger partial charge >= 0.3 is 0 Å². The number of rotatable bonds is 6. The molecule has 124 valence electrons. The molecular weight excluding hydrogens is 347 g/mol. The van der Waals surface area contributed by atoms with Crippen molar-refractivity contribution in [1.82, 2.24) is 19.7 Å². The summed E-state index contributed by atoms with van der Waals surface area (Å²) in [6.45, 7) is 2.01. The molecule has 2 rings (SSSR count). The number of likely N-dealkylation sites (N-methyl/N-ethyl adjacent to an activating group) is 1. The van der Waals surface area contributed by atoms with Crippen LogP contribution in [-0.4, -0.2) is 46.2 Å². The number of hydrogen-bond donors (Lipinski definition) is 2. The first kappa shape index (κ1) is 20.8. The number of nitrogens with one attached hydrogen (secondary N) is 1. The third-order valence-electron chi connectivity index (χ3n) is 2.62. The van der Waals surface area contributed by atoms with Crippen LogP contribution in [0.15, 0.2) is 17.6 Å². The predicted molar refractivity (Wildman–Crippen MR) is 93.2 cm³/mol. The van der Waals surface area contributed by atoms with Crippen molar-refractivity contribution in [3.63, 3.8) is 0 Å². The Morgan fingerprint density at radius 2 is 2.18 bits per heavy atom. The Labute approximate surface area is 145 Å². The molecule has 1 amide bonds. The fourth-order valence-electron chi connectivity index (χ4n) is 1.54. The molecule has 0 saturated carbocycles. The summed E-state index contributed by atoms with van der Waals surface area (Å²) in [6.07, 6.45) is 1.84. The third kappa shape index (κ3) is 5.90. The molecule has 0 radical (unpaired) electrons. The summed E-state index contributed by atoms with van der Waals surface area (Å²) in [5.41, 5.74) is 5.85. The second-order valence-corrected chi connectivity index (χ2v) is 5.49. The number of halogens is 2. The van der Waals surface area contributed by atoms with Gasteiger partial charge in [0.2, 0.25) is 0 Å². The maximum absolute atomic E-state index is 12.0. The minimum atomic E-state index is -0.265. The molecule has 0 unspecified atom stereocenters. The number of carbonyl (C=O) groups excluding carboxylic acids is 1. The van der Waals surface area contributed by atoms with E-state index < -0.39 is 0 Å². The summed E-state index contributed by atoms with van der Waals surface area (Å²) in [6, 6.07) is 1.77. The maximum Gasteiger partial charge on any atom is 0.276 e. The molecule has 2 aromatic rings. The lowest BCUT2D eigenvalue weighted by molar-refractivity contribution is 0.102. The summed E-state index contributed by atoms with van der Waals surface area (Å²) >= 11 is 1.38. The summed E-state index contributed by atoms with van der Waals surface area (Å²) in [4.78, 5) is 18.2. The van der Waals surface area contributed by atoms with E-state index in [-0.39, 0.29) is 30.7 Å². The molecule has 0 saturated heterocycles. The number of aromatic nitrogens is 3. The minimum absolute atomic E-state index is 0. The van der Waals surface area contributed by atoms with Crippen LogP contribution in [0.2, 0.25) is 0 Å². The van der Waals surface area contributed by atoms with E-state index in [4.69, 9.17) is 5.73 Å². The fraction of sp³-hybridized carbons (Fsp3) is 0.417. The lowest BCUT2D eigenvalue weighted by atomic mass is 10.4. The number of nitrogens with zero attached hydrogens (tertiary/aromatic N) is 4. The maximum atomic E-state index is 12.0. The normalized spacial score (nSPS) is 10.0. The Kier molecular flexibility index (Phi) is 9.22. The molecule has 0 bridgehead atoms. The monoisotopic (exact) mass is 366 g/mol. The standard InChI is InChI=1S/C12H18N6OS.2ClH/c1-17(2)5-6-18-4-3-10(16-18)15-12(19)9-8-20-11(7-13)14-9;;/h3-4,8H,5-7,13H2,1-2H3,(H,15,16,19);2*1H. The van der Waals surface area contributed by atoms with E-state index in [0.29, 0.717) is 18.1 Å². The SMILES string of the molecule is CN(C)CCn1ccc(NC(=O)c2csc(CN)n2)n1.Cl.Cl. The van der Waals surface area contributed by atoms with Crippen LogP contribution in [-0.2, 0) is 13.1 Å². The van der Waals surface area contributed by atoms with Gasteiger partial charge in [0.1, 0.15) is 10.7 Å². The van der Waals surface area contributed by atoms with Crippen LogP contribution in [0.1, 0.15) is 15.5 Å². The summed E-state index contributed by atoms with van der Waals surface area (Å²) in [7, 11) is 4.01. The van der Waals surface area contributed by atoms with Crippen LogP contribution in [0.25, 0.3) is 0 Å². The molecular formula is C12H20Cl2N6OS. The highest BCUT2D eigenvalue weighted by molar-refractivity contribution is 7.09. The molecule has 0 aliphatic rings. The van der Waals surface area contributed by atoms with Gasteiger partial charge in [0.05, 0.1) is 6.54 Å². The van der Waals surface area contributed by atoms with Crippen molar-refractivity contribution in [3.05, 3.63) is 28.3 Å². The number of thiazole rings is 1. The molecule has 0 aliphatic heterocycles. The van der Waals surface area contributed by atoms with Crippen molar-refractivity contribution in [2.45, 2.75) is 13.1 Å². The number of nitrogens with two attached hydrogens (primary N) is 1. The molecule has 2 heterocycles. The molecule has 0 spiro atoms. The highest BCUT2D eigenvalue weighted by Gasteiger charge is 2.11.